The molecule has 0 saturated heterocycles. The molecule has 0 aliphatic heterocycles. The maximum absolute atomic E-state index is 11.1. The van der Waals surface area contributed by atoms with Crippen molar-refractivity contribution in [3.05, 3.63) is 15.6 Å². The monoisotopic (exact) mass is 223 g/mol. The summed E-state index contributed by atoms with van der Waals surface area (Å²) < 4.78 is 0. The molecule has 4 heteroatoms. The van der Waals surface area contributed by atoms with Gasteiger partial charge in [0.15, 0.2) is 0 Å². The third-order valence-corrected chi connectivity index (χ3v) is 4.45. The molecule has 0 spiro atoms. The minimum absolute atomic E-state index is 0.440. The first-order valence-electron chi connectivity index (χ1n) is 5.40. The lowest BCUT2D eigenvalue weighted by atomic mass is 10.2. The van der Waals surface area contributed by atoms with Crippen molar-refractivity contribution in [3.8, 4) is 0 Å². The van der Waals surface area contributed by atoms with E-state index < -0.39 is 5.97 Å². The van der Waals surface area contributed by atoms with Crippen LogP contribution in [0.15, 0.2) is 0 Å². The van der Waals surface area contributed by atoms with Crippen LogP contribution in [-0.4, -0.2) is 16.1 Å². The molecule has 0 amide bonds. The number of carboxylic acids is 1. The predicted octanol–water partition coefficient (Wildman–Crippen LogP) is 2.84. The third-order valence-electron chi connectivity index (χ3n) is 3.25. The summed E-state index contributed by atoms with van der Waals surface area (Å²) in [5.74, 6) is 0.884. The molecule has 2 fully saturated rings. The third kappa shape index (κ3) is 1.57. The van der Waals surface area contributed by atoms with Gasteiger partial charge in [-0.05, 0) is 25.2 Å². The van der Waals surface area contributed by atoms with Crippen LogP contribution in [0.25, 0.3) is 0 Å². The highest BCUT2D eigenvalue weighted by Gasteiger charge is 2.40. The average Bonchev–Trinajstić information content (AvgIpc) is 3.08. The zero-order valence-electron chi connectivity index (χ0n) is 8.56. The van der Waals surface area contributed by atoms with E-state index in [4.69, 9.17) is 5.11 Å². The fraction of sp³-hybridized carbons (Fsp3) is 0.636. The Balaban J connectivity index is 1.97. The Morgan fingerprint density at radius 1 is 1.53 bits per heavy atom. The van der Waals surface area contributed by atoms with E-state index >= 15 is 0 Å². The van der Waals surface area contributed by atoms with E-state index in [0.717, 1.165) is 23.5 Å². The van der Waals surface area contributed by atoms with Gasteiger partial charge in [-0.25, -0.2) is 9.78 Å². The Bertz CT molecular complexity index is 422. The van der Waals surface area contributed by atoms with Crippen LogP contribution in [0.1, 0.15) is 58.4 Å². The van der Waals surface area contributed by atoms with Gasteiger partial charge in [-0.1, -0.05) is 6.92 Å². The van der Waals surface area contributed by atoms with Gasteiger partial charge < -0.3 is 5.11 Å². The Hall–Kier alpha value is -0.900. The molecule has 0 radical (unpaired) electrons. The highest BCUT2D eigenvalue weighted by atomic mass is 32.1. The minimum atomic E-state index is -0.797. The summed E-state index contributed by atoms with van der Waals surface area (Å²) in [7, 11) is 0. The summed E-state index contributed by atoms with van der Waals surface area (Å²) in [6.07, 6.45) is 3.41. The van der Waals surface area contributed by atoms with Crippen molar-refractivity contribution in [2.24, 2.45) is 5.92 Å². The molecular weight excluding hydrogens is 210 g/mol. The number of carboxylic acid groups (broad SMARTS) is 1. The average molecular weight is 223 g/mol. The molecule has 80 valence electrons. The molecule has 1 heterocycles. The van der Waals surface area contributed by atoms with E-state index in [2.05, 4.69) is 11.9 Å². The van der Waals surface area contributed by atoms with Crippen molar-refractivity contribution in [2.75, 3.05) is 0 Å². The molecule has 2 aliphatic rings. The van der Waals surface area contributed by atoms with E-state index in [1.807, 2.05) is 0 Å². The lowest BCUT2D eigenvalue weighted by molar-refractivity contribution is 0.0700. The fourth-order valence-corrected chi connectivity index (χ4v) is 3.20. The highest BCUT2D eigenvalue weighted by molar-refractivity contribution is 7.13. The molecule has 1 aromatic heterocycles. The normalized spacial score (nSPS) is 29.1. The number of carbonyl (C=O) groups is 1. The highest BCUT2D eigenvalue weighted by Crippen LogP contribution is 2.51. The Kier molecular flexibility index (Phi) is 1.89. The first-order valence-corrected chi connectivity index (χ1v) is 6.22. The van der Waals surface area contributed by atoms with Crippen LogP contribution >= 0.6 is 11.3 Å². The van der Waals surface area contributed by atoms with Crippen molar-refractivity contribution in [3.63, 3.8) is 0 Å². The Morgan fingerprint density at radius 3 is 2.67 bits per heavy atom. The summed E-state index contributed by atoms with van der Waals surface area (Å²) >= 11 is 1.40. The fourth-order valence-electron chi connectivity index (χ4n) is 1.96. The summed E-state index contributed by atoms with van der Waals surface area (Å²) in [6, 6.07) is 0. The van der Waals surface area contributed by atoms with Gasteiger partial charge in [-0.15, -0.1) is 11.3 Å². The van der Waals surface area contributed by atoms with Crippen molar-refractivity contribution in [1.29, 1.82) is 0 Å². The number of hydrogen-bond donors (Lipinski definition) is 1. The van der Waals surface area contributed by atoms with Gasteiger partial charge >= 0.3 is 5.97 Å². The number of hydrogen-bond acceptors (Lipinski definition) is 3. The van der Waals surface area contributed by atoms with Crippen LogP contribution in [0.3, 0.4) is 0 Å². The number of rotatable bonds is 3. The minimum Gasteiger partial charge on any atom is -0.477 e. The van der Waals surface area contributed by atoms with Crippen LogP contribution in [0.2, 0.25) is 0 Å². The Labute approximate surface area is 92.2 Å². The maximum atomic E-state index is 11.1. The van der Waals surface area contributed by atoms with Gasteiger partial charge in [0.05, 0.1) is 10.7 Å². The van der Waals surface area contributed by atoms with Crippen LogP contribution in [0.4, 0.5) is 0 Å². The lowest BCUT2D eigenvalue weighted by Crippen LogP contribution is -1.97. The van der Waals surface area contributed by atoms with Crippen molar-refractivity contribution < 1.29 is 9.90 Å². The van der Waals surface area contributed by atoms with Crippen LogP contribution in [-0.2, 0) is 0 Å². The van der Waals surface area contributed by atoms with Gasteiger partial charge in [0.2, 0.25) is 0 Å². The van der Waals surface area contributed by atoms with Gasteiger partial charge in [0, 0.05) is 11.8 Å². The zero-order chi connectivity index (χ0) is 10.6. The summed E-state index contributed by atoms with van der Waals surface area (Å²) in [4.78, 5) is 16.1. The van der Waals surface area contributed by atoms with E-state index in [0.29, 0.717) is 22.6 Å². The quantitative estimate of drug-likeness (QED) is 0.857. The topological polar surface area (TPSA) is 50.2 Å². The smallest absolute Gasteiger partial charge is 0.347 e. The van der Waals surface area contributed by atoms with Crippen molar-refractivity contribution in [2.45, 2.75) is 38.0 Å². The summed E-state index contributed by atoms with van der Waals surface area (Å²) in [6.45, 7) is 2.20. The van der Waals surface area contributed by atoms with Gasteiger partial charge in [0.25, 0.3) is 0 Å². The molecule has 2 atom stereocenters. The van der Waals surface area contributed by atoms with E-state index in [1.54, 1.807) is 0 Å². The molecule has 1 aromatic rings. The van der Waals surface area contributed by atoms with Crippen LogP contribution in [0, 0.1) is 5.92 Å². The van der Waals surface area contributed by atoms with E-state index in [-0.39, 0.29) is 0 Å². The summed E-state index contributed by atoms with van der Waals surface area (Å²) in [5.41, 5.74) is 0.863. The predicted molar refractivity (Wildman–Crippen MR) is 57.6 cm³/mol. The van der Waals surface area contributed by atoms with Crippen LogP contribution in [0.5, 0.6) is 0 Å². The van der Waals surface area contributed by atoms with Crippen molar-refractivity contribution in [1.82, 2.24) is 4.98 Å². The van der Waals surface area contributed by atoms with E-state index in [9.17, 15) is 4.79 Å². The molecule has 2 saturated carbocycles. The van der Waals surface area contributed by atoms with Gasteiger partial charge in [-0.2, -0.15) is 0 Å². The second-order valence-electron chi connectivity index (χ2n) is 4.67. The number of nitrogens with zero attached hydrogens (tertiary/aromatic N) is 1. The molecule has 3 rings (SSSR count). The number of thiazole rings is 1. The molecule has 0 aromatic carbocycles. The molecule has 2 aliphatic carbocycles. The van der Waals surface area contributed by atoms with Crippen LogP contribution < -0.4 is 0 Å². The molecule has 15 heavy (non-hydrogen) atoms. The largest absolute Gasteiger partial charge is 0.477 e. The second kappa shape index (κ2) is 3.04. The van der Waals surface area contributed by atoms with Gasteiger partial charge in [-0.3, -0.25) is 0 Å². The molecule has 2 unspecified atom stereocenters. The first-order chi connectivity index (χ1) is 7.16. The number of aromatic nitrogens is 1. The zero-order valence-corrected chi connectivity index (χ0v) is 9.38. The molecule has 0 bridgehead atoms. The van der Waals surface area contributed by atoms with E-state index in [1.165, 1.54) is 17.8 Å². The molecule has 1 N–H and O–H groups in total. The standard InChI is InChI=1S/C11H13NO2S/c1-5-4-7(5)10-12-8(6-2-3-6)9(15-10)11(13)14/h5-7H,2-4H2,1H3,(H,13,14). The molecule has 3 nitrogen and oxygen atoms in total. The Morgan fingerprint density at radius 2 is 2.20 bits per heavy atom. The SMILES string of the molecule is CC1CC1c1nc(C2CC2)c(C(=O)O)s1. The first kappa shape index (κ1) is 9.33. The van der Waals surface area contributed by atoms with Crippen molar-refractivity contribution >= 4 is 17.3 Å². The second-order valence-corrected chi connectivity index (χ2v) is 5.70. The van der Waals surface area contributed by atoms with Gasteiger partial charge in [0.1, 0.15) is 4.88 Å². The number of aromatic carboxylic acids is 1. The molecular formula is C11H13NO2S. The lowest BCUT2D eigenvalue weighted by Gasteiger charge is -1.91. The maximum Gasteiger partial charge on any atom is 0.347 e. The summed E-state index contributed by atoms with van der Waals surface area (Å²) in [5, 5.41) is 10.2.